The number of pyridine rings is 1. The van der Waals surface area contributed by atoms with Gasteiger partial charge in [0, 0.05) is 19.8 Å². The molecule has 1 spiro atoms. The molecule has 6 heteroatoms. The smallest absolute Gasteiger partial charge is 0.269 e. The summed E-state index contributed by atoms with van der Waals surface area (Å²) >= 11 is 0. The molecule has 1 aliphatic carbocycles. The zero-order chi connectivity index (χ0) is 14.2. The monoisotopic (exact) mass is 275 g/mol. The van der Waals surface area contributed by atoms with E-state index in [9.17, 15) is 9.59 Å². The van der Waals surface area contributed by atoms with Crippen molar-refractivity contribution >= 4 is 11.8 Å². The van der Waals surface area contributed by atoms with Crippen LogP contribution in [0.5, 0.6) is 0 Å². The third-order valence-electron chi connectivity index (χ3n) is 3.94. The van der Waals surface area contributed by atoms with Gasteiger partial charge < -0.3 is 15.0 Å². The van der Waals surface area contributed by atoms with E-state index in [-0.39, 0.29) is 17.4 Å². The Morgan fingerprint density at radius 3 is 2.80 bits per heavy atom. The van der Waals surface area contributed by atoms with E-state index in [0.29, 0.717) is 31.0 Å². The van der Waals surface area contributed by atoms with Crippen LogP contribution in [0, 0.1) is 0 Å². The van der Waals surface area contributed by atoms with E-state index >= 15 is 0 Å². The molecule has 1 saturated carbocycles. The van der Waals surface area contributed by atoms with Crippen LogP contribution in [0.3, 0.4) is 0 Å². The van der Waals surface area contributed by atoms with Crippen molar-refractivity contribution in [3.63, 3.8) is 0 Å². The summed E-state index contributed by atoms with van der Waals surface area (Å²) in [6.45, 7) is 1.83. The molecule has 1 N–H and O–H groups in total. The molecule has 2 amide bonds. The molecule has 2 heterocycles. The van der Waals surface area contributed by atoms with Crippen LogP contribution in [0.2, 0.25) is 0 Å². The van der Waals surface area contributed by atoms with Gasteiger partial charge in [0.05, 0.1) is 24.3 Å². The maximum atomic E-state index is 12.5. The summed E-state index contributed by atoms with van der Waals surface area (Å²) in [5, 5.41) is 2.50. The van der Waals surface area contributed by atoms with E-state index < -0.39 is 0 Å². The molecule has 0 unspecified atom stereocenters. The molecule has 0 aromatic carbocycles. The molecule has 1 saturated heterocycles. The molecule has 1 aromatic rings. The van der Waals surface area contributed by atoms with Gasteiger partial charge in [0.15, 0.2) is 0 Å². The Bertz CT molecular complexity index is 537. The van der Waals surface area contributed by atoms with Crippen LogP contribution in [0.1, 0.15) is 33.7 Å². The predicted molar refractivity (Wildman–Crippen MR) is 71.4 cm³/mol. The van der Waals surface area contributed by atoms with Gasteiger partial charge in [-0.05, 0) is 25.0 Å². The molecular formula is C14H17N3O3. The summed E-state index contributed by atoms with van der Waals surface area (Å²) in [5.74, 6) is -0.282. The Morgan fingerprint density at radius 2 is 2.20 bits per heavy atom. The van der Waals surface area contributed by atoms with E-state index in [1.165, 1.54) is 6.20 Å². The fraction of sp³-hybridized carbons (Fsp3) is 0.500. The van der Waals surface area contributed by atoms with Crippen LogP contribution < -0.4 is 5.32 Å². The van der Waals surface area contributed by atoms with Crippen LogP contribution in [0.4, 0.5) is 0 Å². The molecule has 20 heavy (non-hydrogen) atoms. The molecule has 1 aromatic heterocycles. The van der Waals surface area contributed by atoms with Crippen molar-refractivity contribution in [3.05, 3.63) is 29.6 Å². The highest BCUT2D eigenvalue weighted by Crippen LogP contribution is 2.44. The Labute approximate surface area is 117 Å². The minimum absolute atomic E-state index is 0.0262. The fourth-order valence-electron chi connectivity index (χ4n) is 2.55. The average molecular weight is 275 g/mol. The number of nitrogens with one attached hydrogen (secondary N) is 1. The first-order chi connectivity index (χ1) is 9.66. The van der Waals surface area contributed by atoms with Gasteiger partial charge in [-0.2, -0.15) is 0 Å². The minimum Gasteiger partial charge on any atom is -0.377 e. The van der Waals surface area contributed by atoms with Crippen molar-refractivity contribution in [3.8, 4) is 0 Å². The second-order valence-electron chi connectivity index (χ2n) is 5.24. The molecule has 0 bridgehead atoms. The summed E-state index contributed by atoms with van der Waals surface area (Å²) < 4.78 is 5.47. The van der Waals surface area contributed by atoms with Crippen LogP contribution in [-0.4, -0.2) is 54.0 Å². The number of amides is 2. The number of morpholine rings is 1. The van der Waals surface area contributed by atoms with E-state index in [1.807, 2.05) is 4.90 Å². The number of ether oxygens (including phenoxy) is 1. The molecule has 2 fully saturated rings. The predicted octanol–water partition coefficient (Wildman–Crippen LogP) is 0.446. The van der Waals surface area contributed by atoms with Gasteiger partial charge in [0.2, 0.25) is 0 Å². The van der Waals surface area contributed by atoms with Gasteiger partial charge in [-0.25, -0.2) is 0 Å². The molecule has 0 atom stereocenters. The first-order valence-corrected chi connectivity index (χ1v) is 6.74. The summed E-state index contributed by atoms with van der Waals surface area (Å²) in [5.41, 5.74) is 0.743. The number of hydrogen-bond acceptors (Lipinski definition) is 4. The Balaban J connectivity index is 1.78. The minimum atomic E-state index is -0.256. The summed E-state index contributed by atoms with van der Waals surface area (Å²) in [4.78, 5) is 29.9. The zero-order valence-corrected chi connectivity index (χ0v) is 11.4. The summed E-state index contributed by atoms with van der Waals surface area (Å²) in [7, 11) is 1.55. The van der Waals surface area contributed by atoms with Crippen LogP contribution in [-0.2, 0) is 4.74 Å². The number of carbonyl (C=O) groups is 2. The van der Waals surface area contributed by atoms with Gasteiger partial charge in [-0.1, -0.05) is 0 Å². The lowest BCUT2D eigenvalue weighted by Crippen LogP contribution is -2.50. The van der Waals surface area contributed by atoms with Crippen LogP contribution in [0.25, 0.3) is 0 Å². The first kappa shape index (κ1) is 13.1. The number of aromatic nitrogens is 1. The summed E-state index contributed by atoms with van der Waals surface area (Å²) in [6, 6.07) is 3.23. The highest BCUT2D eigenvalue weighted by Gasteiger charge is 2.52. The van der Waals surface area contributed by atoms with Crippen LogP contribution in [0.15, 0.2) is 18.3 Å². The quantitative estimate of drug-likeness (QED) is 0.850. The van der Waals surface area contributed by atoms with Gasteiger partial charge in [-0.3, -0.25) is 14.6 Å². The fourth-order valence-corrected chi connectivity index (χ4v) is 2.55. The second-order valence-corrected chi connectivity index (χ2v) is 5.24. The molecular weight excluding hydrogens is 258 g/mol. The average Bonchev–Trinajstić information content (AvgIpc) is 3.26. The first-order valence-electron chi connectivity index (χ1n) is 6.74. The van der Waals surface area contributed by atoms with Crippen LogP contribution >= 0.6 is 0 Å². The van der Waals surface area contributed by atoms with Crippen molar-refractivity contribution in [1.82, 2.24) is 15.2 Å². The third-order valence-corrected chi connectivity index (χ3v) is 3.94. The van der Waals surface area contributed by atoms with Crippen molar-refractivity contribution in [1.29, 1.82) is 0 Å². The van der Waals surface area contributed by atoms with E-state index in [0.717, 1.165) is 12.8 Å². The second kappa shape index (κ2) is 4.86. The molecule has 6 nitrogen and oxygen atoms in total. The van der Waals surface area contributed by atoms with Gasteiger partial charge in [-0.15, -0.1) is 0 Å². The standard InChI is InChI=1S/C14H17N3O3/c1-15-12(18)11-3-2-10(8-16-11)13(19)17-6-7-20-9-14(17)4-5-14/h2-3,8H,4-7,9H2,1H3,(H,15,18). The Hall–Kier alpha value is -1.95. The third kappa shape index (κ3) is 2.16. The molecule has 1 aliphatic heterocycles. The molecule has 106 valence electrons. The SMILES string of the molecule is CNC(=O)c1ccc(C(=O)N2CCOCC23CC3)cn1. The maximum absolute atomic E-state index is 12.5. The Kier molecular flexibility index (Phi) is 3.17. The number of nitrogens with zero attached hydrogens (tertiary/aromatic N) is 2. The molecule has 3 rings (SSSR count). The molecule has 0 radical (unpaired) electrons. The molecule has 2 aliphatic rings. The Morgan fingerprint density at radius 1 is 1.40 bits per heavy atom. The van der Waals surface area contributed by atoms with Crippen molar-refractivity contribution in [2.75, 3.05) is 26.8 Å². The van der Waals surface area contributed by atoms with Gasteiger partial charge in [0.25, 0.3) is 11.8 Å². The number of rotatable bonds is 2. The van der Waals surface area contributed by atoms with Crippen molar-refractivity contribution in [2.24, 2.45) is 0 Å². The lowest BCUT2D eigenvalue weighted by molar-refractivity contribution is -0.0117. The lowest BCUT2D eigenvalue weighted by Gasteiger charge is -2.36. The normalized spacial score (nSPS) is 19.8. The highest BCUT2D eigenvalue weighted by molar-refractivity contribution is 5.96. The number of hydrogen-bond donors (Lipinski definition) is 1. The van der Waals surface area contributed by atoms with E-state index in [2.05, 4.69) is 10.3 Å². The van der Waals surface area contributed by atoms with E-state index in [4.69, 9.17) is 4.74 Å². The topological polar surface area (TPSA) is 71.5 Å². The van der Waals surface area contributed by atoms with E-state index in [1.54, 1.807) is 19.2 Å². The zero-order valence-electron chi connectivity index (χ0n) is 11.4. The van der Waals surface area contributed by atoms with Gasteiger partial charge in [0.1, 0.15) is 5.69 Å². The summed E-state index contributed by atoms with van der Waals surface area (Å²) in [6.07, 6.45) is 3.48. The maximum Gasteiger partial charge on any atom is 0.269 e. The van der Waals surface area contributed by atoms with Crippen molar-refractivity contribution < 1.29 is 14.3 Å². The largest absolute Gasteiger partial charge is 0.377 e. The van der Waals surface area contributed by atoms with Gasteiger partial charge >= 0.3 is 0 Å². The number of carbonyl (C=O) groups excluding carboxylic acids is 2. The van der Waals surface area contributed by atoms with Crippen molar-refractivity contribution in [2.45, 2.75) is 18.4 Å². The lowest BCUT2D eigenvalue weighted by atomic mass is 10.1. The highest BCUT2D eigenvalue weighted by atomic mass is 16.5.